The van der Waals surface area contributed by atoms with Crippen LogP contribution in [0.5, 0.6) is 0 Å². The van der Waals surface area contributed by atoms with E-state index in [4.69, 9.17) is 0 Å². The lowest BCUT2D eigenvalue weighted by Crippen LogP contribution is -1.48. The van der Waals surface area contributed by atoms with Crippen molar-refractivity contribution in [3.8, 4) is 0 Å². The predicted octanol–water partition coefficient (Wildman–Crippen LogP) is 1.19. The Kier molecular flexibility index (Phi) is 0.582. The lowest BCUT2D eigenvalue weighted by Gasteiger charge is -1.60. The molecule has 0 saturated heterocycles. The Labute approximate surface area is 36.6 Å². The molecule has 0 aliphatic heterocycles. The molecule has 0 aliphatic rings. The topological polar surface area (TPSA) is 13.1 Å². The summed E-state index contributed by atoms with van der Waals surface area (Å²) in [5.41, 5.74) is 0.995. The number of hydrogen-bond donors (Lipinski definition) is 0. The van der Waals surface area contributed by atoms with Gasteiger partial charge in [-0.05, 0) is 13.0 Å². The van der Waals surface area contributed by atoms with Gasteiger partial charge in [0.2, 0.25) is 0 Å². The highest BCUT2D eigenvalue weighted by Gasteiger charge is 1.72. The van der Waals surface area contributed by atoms with Crippen LogP contribution in [-0.4, -0.2) is 0 Å². The van der Waals surface area contributed by atoms with Gasteiger partial charge < -0.3 is 4.42 Å². The maximum Gasteiger partial charge on any atom is 0.120 e. The Morgan fingerprint density at radius 2 is 2.67 bits per heavy atom. The SMILES string of the molecule is Cc1c#coc1. The first-order valence-electron chi connectivity index (χ1n) is 1.73. The van der Waals surface area contributed by atoms with Gasteiger partial charge in [-0.2, -0.15) is 0 Å². The summed E-state index contributed by atoms with van der Waals surface area (Å²) in [4.78, 5) is 0. The second-order valence-electron chi connectivity index (χ2n) is 1.15. The third kappa shape index (κ3) is 0.367. The Morgan fingerprint density at radius 3 is 2.83 bits per heavy atom. The molecule has 30 valence electrons. The molecule has 1 rings (SSSR count). The van der Waals surface area contributed by atoms with Gasteiger partial charge in [-0.25, -0.2) is 0 Å². The van der Waals surface area contributed by atoms with Crippen LogP contribution in [0.4, 0.5) is 0 Å². The minimum atomic E-state index is 0.995. The normalized spacial score (nSPS) is 7.50. The average Bonchev–Trinajstić information content (AvgIpc) is 1.86. The molecule has 0 aliphatic carbocycles. The molecule has 0 N–H and O–H groups in total. The number of rotatable bonds is 0. The van der Waals surface area contributed by atoms with Crippen molar-refractivity contribution in [2.45, 2.75) is 6.92 Å². The molecule has 0 aromatic carbocycles. The lowest BCUT2D eigenvalue weighted by atomic mass is 10.4. The zero-order valence-electron chi connectivity index (χ0n) is 3.49. The summed E-state index contributed by atoms with van der Waals surface area (Å²) >= 11 is 0. The molecule has 0 fully saturated rings. The summed E-state index contributed by atoms with van der Waals surface area (Å²) in [6.07, 6.45) is 4.03. The van der Waals surface area contributed by atoms with E-state index in [0.29, 0.717) is 0 Å². The molecule has 6 heavy (non-hydrogen) atoms. The van der Waals surface area contributed by atoms with E-state index < -0.39 is 0 Å². The Morgan fingerprint density at radius 1 is 1.83 bits per heavy atom. The van der Waals surface area contributed by atoms with Gasteiger partial charge in [-0.15, -0.1) is 0 Å². The van der Waals surface area contributed by atoms with Crippen molar-refractivity contribution in [3.63, 3.8) is 0 Å². The molecular formula is C5H4O. The van der Waals surface area contributed by atoms with Crippen molar-refractivity contribution in [3.05, 3.63) is 24.2 Å². The highest BCUT2D eigenvalue weighted by Crippen LogP contribution is 1.85. The van der Waals surface area contributed by atoms with Crippen molar-refractivity contribution in [2.24, 2.45) is 0 Å². The van der Waals surface area contributed by atoms with E-state index in [1.807, 2.05) is 6.92 Å². The van der Waals surface area contributed by atoms with Crippen molar-refractivity contribution in [1.82, 2.24) is 0 Å². The minimum absolute atomic E-state index is 0.995. The fourth-order valence-electron chi connectivity index (χ4n) is 0.257. The molecule has 0 amide bonds. The van der Waals surface area contributed by atoms with Crippen LogP contribution in [0.15, 0.2) is 10.7 Å². The lowest BCUT2D eigenvalue weighted by molar-refractivity contribution is 0.563. The molecular weight excluding hydrogens is 76.1 g/mol. The smallest absolute Gasteiger partial charge is 0.120 e. The number of hydrogen-bond acceptors (Lipinski definition) is 1. The van der Waals surface area contributed by atoms with Gasteiger partial charge in [0.1, 0.15) is 12.5 Å². The Bertz CT molecular complexity index is 107. The Balaban J connectivity index is 3.05. The van der Waals surface area contributed by atoms with Gasteiger partial charge in [-0.1, -0.05) is 0 Å². The molecule has 1 aromatic heterocycles. The zero-order valence-corrected chi connectivity index (χ0v) is 3.49. The van der Waals surface area contributed by atoms with Gasteiger partial charge in [0.15, 0.2) is 0 Å². The van der Waals surface area contributed by atoms with Crippen LogP contribution in [0.25, 0.3) is 0 Å². The van der Waals surface area contributed by atoms with Gasteiger partial charge in [-0.3, -0.25) is 0 Å². The van der Waals surface area contributed by atoms with E-state index >= 15 is 0 Å². The largest absolute Gasteiger partial charge is 0.414 e. The van der Waals surface area contributed by atoms with Crippen LogP contribution in [0.3, 0.4) is 0 Å². The van der Waals surface area contributed by atoms with E-state index in [9.17, 15) is 0 Å². The summed E-state index contributed by atoms with van der Waals surface area (Å²) in [5.74, 6) is 0. The second kappa shape index (κ2) is 1.06. The van der Waals surface area contributed by atoms with Crippen LogP contribution < -0.4 is 0 Å². The van der Waals surface area contributed by atoms with E-state index in [2.05, 4.69) is 16.7 Å². The van der Waals surface area contributed by atoms with E-state index in [1.54, 1.807) is 6.26 Å². The first-order valence-corrected chi connectivity index (χ1v) is 1.73. The molecule has 0 atom stereocenters. The van der Waals surface area contributed by atoms with Crippen molar-refractivity contribution < 1.29 is 4.42 Å². The third-order valence-electron chi connectivity index (χ3n) is 0.543. The summed E-state index contributed by atoms with van der Waals surface area (Å²) in [7, 11) is 0. The van der Waals surface area contributed by atoms with Gasteiger partial charge in [0.25, 0.3) is 0 Å². The molecule has 0 spiro atoms. The van der Waals surface area contributed by atoms with E-state index in [0.717, 1.165) is 5.56 Å². The molecule has 0 saturated carbocycles. The number of aryl methyl sites for hydroxylation is 1. The highest BCUT2D eigenvalue weighted by molar-refractivity contribution is 4.91. The summed E-state index contributed by atoms with van der Waals surface area (Å²) in [5, 5.41) is 0. The third-order valence-corrected chi connectivity index (χ3v) is 0.543. The predicted molar refractivity (Wildman–Crippen MR) is 21.1 cm³/mol. The van der Waals surface area contributed by atoms with Crippen LogP contribution >= 0.6 is 0 Å². The molecule has 0 radical (unpaired) electrons. The van der Waals surface area contributed by atoms with Gasteiger partial charge in [0.05, 0.1) is 0 Å². The maximum absolute atomic E-state index is 4.53. The van der Waals surface area contributed by atoms with E-state index in [1.165, 1.54) is 0 Å². The zero-order chi connectivity index (χ0) is 4.41. The monoisotopic (exact) mass is 80.0 g/mol. The van der Waals surface area contributed by atoms with E-state index in [-0.39, 0.29) is 0 Å². The fourth-order valence-corrected chi connectivity index (χ4v) is 0.257. The standard InChI is InChI=1S/C5H4O/c1-5-2-3-6-4-5/h4H,1H3. The molecule has 1 heterocycles. The minimum Gasteiger partial charge on any atom is -0.414 e. The molecule has 1 nitrogen and oxygen atoms in total. The molecule has 1 heteroatoms. The summed E-state index contributed by atoms with van der Waals surface area (Å²) in [6.45, 7) is 1.90. The summed E-state index contributed by atoms with van der Waals surface area (Å²) in [6, 6.07) is 2.71. The average molecular weight is 80.1 g/mol. The van der Waals surface area contributed by atoms with Crippen LogP contribution in [-0.2, 0) is 0 Å². The van der Waals surface area contributed by atoms with Crippen LogP contribution in [0.2, 0.25) is 0 Å². The van der Waals surface area contributed by atoms with Crippen molar-refractivity contribution in [2.75, 3.05) is 0 Å². The second-order valence-corrected chi connectivity index (χ2v) is 1.15. The van der Waals surface area contributed by atoms with Gasteiger partial charge in [0, 0.05) is 5.56 Å². The summed E-state index contributed by atoms with van der Waals surface area (Å²) < 4.78 is 4.53. The van der Waals surface area contributed by atoms with Crippen LogP contribution in [0.1, 0.15) is 5.56 Å². The maximum atomic E-state index is 4.53. The highest BCUT2D eigenvalue weighted by atomic mass is 16.3. The fraction of sp³-hybridized carbons (Fsp3) is 0.200. The van der Waals surface area contributed by atoms with Crippen LogP contribution in [0, 0.1) is 19.3 Å². The van der Waals surface area contributed by atoms with Gasteiger partial charge >= 0.3 is 0 Å². The first-order chi connectivity index (χ1) is 2.89. The molecule has 0 unspecified atom stereocenters. The quantitative estimate of drug-likeness (QED) is 0.456. The first kappa shape index (κ1) is 3.30. The molecule has 1 aromatic rings. The Hall–Kier alpha value is -0.900. The molecule has 0 bridgehead atoms. The van der Waals surface area contributed by atoms with Crippen molar-refractivity contribution >= 4 is 0 Å². The van der Waals surface area contributed by atoms with Crippen molar-refractivity contribution in [1.29, 1.82) is 0 Å².